The summed E-state index contributed by atoms with van der Waals surface area (Å²) in [6, 6.07) is 16.5. The molecule has 2 heterocycles. The Kier molecular flexibility index (Phi) is 9.60. The molecule has 2 aliphatic carbocycles. The van der Waals surface area contributed by atoms with E-state index >= 15 is 0 Å². The topological polar surface area (TPSA) is 134 Å². The van der Waals surface area contributed by atoms with E-state index in [9.17, 15) is 9.59 Å². The third-order valence-corrected chi connectivity index (χ3v) is 11.6. The molecule has 6 rings (SSSR count). The van der Waals surface area contributed by atoms with Gasteiger partial charge in [-0.2, -0.15) is 0 Å². The van der Waals surface area contributed by atoms with Crippen LogP contribution < -0.4 is 10.6 Å². The molecule has 0 radical (unpaired) electrons. The summed E-state index contributed by atoms with van der Waals surface area (Å²) >= 11 is 0. The maximum Gasteiger partial charge on any atom is 0.408 e. The van der Waals surface area contributed by atoms with Crippen molar-refractivity contribution in [3.63, 3.8) is 0 Å². The highest BCUT2D eigenvalue weighted by Crippen LogP contribution is 2.54. The maximum atomic E-state index is 12.9. The summed E-state index contributed by atoms with van der Waals surface area (Å²) in [5, 5.41) is 6.30. The lowest BCUT2D eigenvalue weighted by Gasteiger charge is -2.51. The standard InChI is InChI=1S/C42H56N6O4/c1-26-20-23-41(26,9)33(47-36(49)51-38(2,3)4)34-43-24-31(45-34)29-16-12-27(13-17-29)28-14-18-30(19-15-28)32-25-44-35(46-32)42(10,40(8)21-11-22-40)48-37(50)52-39(5,6)7/h12-19,24-26,33H,11,20-23H2,1-10H3,(H,43,45)(H,44,46)(H,47,49)(H,48,50). The van der Waals surface area contributed by atoms with Gasteiger partial charge < -0.3 is 30.1 Å². The second-order valence-electron chi connectivity index (χ2n) is 17.7. The van der Waals surface area contributed by atoms with E-state index in [0.717, 1.165) is 77.4 Å². The van der Waals surface area contributed by atoms with Gasteiger partial charge in [0, 0.05) is 0 Å². The molecule has 2 amide bonds. The number of carbonyl (C=O) groups excluding carboxylic acids is 2. The van der Waals surface area contributed by atoms with Crippen LogP contribution in [0.5, 0.6) is 0 Å². The van der Waals surface area contributed by atoms with Crippen molar-refractivity contribution in [1.29, 1.82) is 0 Å². The smallest absolute Gasteiger partial charge is 0.408 e. The lowest BCUT2D eigenvalue weighted by Crippen LogP contribution is -2.58. The molecule has 0 spiro atoms. The normalized spacial score (nSPS) is 21.5. The van der Waals surface area contributed by atoms with Crippen LogP contribution in [0.15, 0.2) is 60.9 Å². The molecule has 10 nitrogen and oxygen atoms in total. The van der Waals surface area contributed by atoms with E-state index in [-0.39, 0.29) is 16.9 Å². The minimum absolute atomic E-state index is 0.120. The molecular formula is C42H56N6O4. The van der Waals surface area contributed by atoms with Crippen LogP contribution in [0.3, 0.4) is 0 Å². The van der Waals surface area contributed by atoms with Crippen molar-refractivity contribution in [2.75, 3.05) is 0 Å². The van der Waals surface area contributed by atoms with Crippen molar-refractivity contribution in [2.45, 2.75) is 124 Å². The van der Waals surface area contributed by atoms with Crippen molar-refractivity contribution in [2.24, 2.45) is 16.7 Å². The average Bonchev–Trinajstić information content (AvgIpc) is 3.75. The largest absolute Gasteiger partial charge is 0.444 e. The second-order valence-corrected chi connectivity index (χ2v) is 17.7. The molecule has 2 aliphatic rings. The molecule has 4 atom stereocenters. The number of ether oxygens (including phenoxy) is 2. The van der Waals surface area contributed by atoms with Crippen molar-refractivity contribution in [3.05, 3.63) is 72.6 Å². The highest BCUT2D eigenvalue weighted by molar-refractivity contribution is 5.72. The van der Waals surface area contributed by atoms with Crippen LogP contribution in [-0.4, -0.2) is 43.3 Å². The van der Waals surface area contributed by atoms with Crippen molar-refractivity contribution in [3.8, 4) is 33.6 Å². The summed E-state index contributed by atoms with van der Waals surface area (Å²) in [5.74, 6) is 1.90. The van der Waals surface area contributed by atoms with Gasteiger partial charge >= 0.3 is 12.2 Å². The molecule has 2 aromatic heterocycles. The van der Waals surface area contributed by atoms with E-state index in [1.54, 1.807) is 0 Å². The summed E-state index contributed by atoms with van der Waals surface area (Å²) in [6.45, 7) is 19.9. The summed E-state index contributed by atoms with van der Waals surface area (Å²) in [4.78, 5) is 42.4. The third kappa shape index (κ3) is 7.48. The van der Waals surface area contributed by atoms with E-state index in [1.807, 2.05) is 60.9 Å². The highest BCUT2D eigenvalue weighted by atomic mass is 16.6. The van der Waals surface area contributed by atoms with E-state index in [4.69, 9.17) is 19.4 Å². The molecule has 10 heteroatoms. The van der Waals surface area contributed by atoms with Gasteiger partial charge in [0.25, 0.3) is 0 Å². The minimum atomic E-state index is -0.716. The van der Waals surface area contributed by atoms with Gasteiger partial charge in [-0.15, -0.1) is 0 Å². The zero-order valence-corrected chi connectivity index (χ0v) is 32.5. The third-order valence-electron chi connectivity index (χ3n) is 11.6. The second kappa shape index (κ2) is 13.4. The summed E-state index contributed by atoms with van der Waals surface area (Å²) in [6.07, 6.45) is 8.04. The number of benzene rings is 2. The summed E-state index contributed by atoms with van der Waals surface area (Å²) < 4.78 is 11.3. The Bertz CT molecular complexity index is 1890. The molecule has 2 saturated carbocycles. The number of alkyl carbamates (subject to hydrolysis) is 2. The number of nitrogens with one attached hydrogen (secondary N) is 4. The van der Waals surface area contributed by atoms with Gasteiger partial charge in [-0.25, -0.2) is 19.6 Å². The first-order valence-corrected chi connectivity index (χ1v) is 18.6. The average molecular weight is 709 g/mol. The van der Waals surface area contributed by atoms with Crippen LogP contribution in [0.4, 0.5) is 9.59 Å². The number of rotatable bonds is 9. The zero-order valence-electron chi connectivity index (χ0n) is 32.5. The van der Waals surface area contributed by atoms with E-state index in [0.29, 0.717) is 5.92 Å². The van der Waals surface area contributed by atoms with Gasteiger partial charge in [0.05, 0.1) is 29.8 Å². The fourth-order valence-corrected chi connectivity index (χ4v) is 7.54. The number of imidazole rings is 2. The number of carbonyl (C=O) groups is 2. The highest BCUT2D eigenvalue weighted by Gasteiger charge is 2.53. The fourth-order valence-electron chi connectivity index (χ4n) is 7.54. The van der Waals surface area contributed by atoms with Gasteiger partial charge in [0.15, 0.2) is 0 Å². The number of nitrogens with zero attached hydrogens (tertiary/aromatic N) is 2. The molecule has 278 valence electrons. The fraction of sp³-hybridized carbons (Fsp3) is 0.524. The first-order chi connectivity index (χ1) is 24.3. The minimum Gasteiger partial charge on any atom is -0.444 e. The molecule has 52 heavy (non-hydrogen) atoms. The first-order valence-electron chi connectivity index (χ1n) is 18.6. The molecule has 0 bridgehead atoms. The molecule has 4 N–H and O–H groups in total. The van der Waals surface area contributed by atoms with Crippen LogP contribution >= 0.6 is 0 Å². The number of hydrogen-bond acceptors (Lipinski definition) is 6. The molecular weight excluding hydrogens is 652 g/mol. The molecule has 2 aromatic carbocycles. The van der Waals surface area contributed by atoms with Crippen molar-refractivity contribution >= 4 is 12.2 Å². The Labute approximate surface area is 308 Å². The quantitative estimate of drug-likeness (QED) is 0.137. The monoisotopic (exact) mass is 708 g/mol. The Morgan fingerprint density at radius 3 is 1.71 bits per heavy atom. The van der Waals surface area contributed by atoms with Crippen molar-refractivity contribution in [1.82, 2.24) is 30.6 Å². The van der Waals surface area contributed by atoms with E-state index in [2.05, 4.69) is 89.9 Å². The van der Waals surface area contributed by atoms with E-state index in [1.165, 1.54) is 0 Å². The summed E-state index contributed by atoms with van der Waals surface area (Å²) in [5.41, 5.74) is 3.82. The van der Waals surface area contributed by atoms with Gasteiger partial charge in [-0.3, -0.25) is 0 Å². The molecule has 0 aliphatic heterocycles. The lowest BCUT2D eigenvalue weighted by atomic mass is 9.58. The molecule has 4 aromatic rings. The number of H-pyrrole nitrogens is 2. The molecule has 0 saturated heterocycles. The number of aromatic amines is 2. The van der Waals surface area contributed by atoms with Crippen LogP contribution in [-0.2, 0) is 15.0 Å². The SMILES string of the molecule is CC1CCC1(C)C(NC(=O)OC(C)(C)C)c1ncc(-c2ccc(-c3ccc(-c4cnc(C(C)(NC(=O)OC(C)(C)C)C5(C)CCC5)[nH]4)cc3)cc2)[nH]1. The Balaban J connectivity index is 1.17. The predicted octanol–water partition coefficient (Wildman–Crippen LogP) is 10.1. The van der Waals surface area contributed by atoms with Crippen LogP contribution in [0, 0.1) is 16.7 Å². The molecule has 2 fully saturated rings. The predicted molar refractivity (Wildman–Crippen MR) is 204 cm³/mol. The van der Waals surface area contributed by atoms with E-state index < -0.39 is 28.9 Å². The Hall–Kier alpha value is -4.60. The number of amides is 2. The van der Waals surface area contributed by atoms with Crippen molar-refractivity contribution < 1.29 is 19.1 Å². The van der Waals surface area contributed by atoms with Gasteiger partial charge in [0.2, 0.25) is 0 Å². The zero-order chi connectivity index (χ0) is 37.7. The van der Waals surface area contributed by atoms with Gasteiger partial charge in [-0.1, -0.05) is 75.7 Å². The Morgan fingerprint density at radius 2 is 1.25 bits per heavy atom. The van der Waals surface area contributed by atoms with Crippen LogP contribution in [0.25, 0.3) is 33.6 Å². The maximum absolute atomic E-state index is 12.9. The molecule has 4 unspecified atom stereocenters. The van der Waals surface area contributed by atoms with Gasteiger partial charge in [-0.05, 0) is 113 Å². The van der Waals surface area contributed by atoms with Gasteiger partial charge in [0.1, 0.15) is 28.4 Å². The lowest BCUT2D eigenvalue weighted by molar-refractivity contribution is -0.00113. The van der Waals surface area contributed by atoms with Crippen LogP contribution in [0.1, 0.15) is 119 Å². The number of hydrogen-bond donors (Lipinski definition) is 4. The summed E-state index contributed by atoms with van der Waals surface area (Å²) in [7, 11) is 0. The first kappa shape index (κ1) is 37.2. The van der Waals surface area contributed by atoms with Crippen LogP contribution in [0.2, 0.25) is 0 Å². The Morgan fingerprint density at radius 1 is 0.750 bits per heavy atom. The number of aromatic nitrogens is 4.